The zero-order valence-electron chi connectivity index (χ0n) is 12.8. The number of nitrogens with one attached hydrogen (secondary N) is 1. The highest BCUT2D eigenvalue weighted by atomic mass is 16.5. The van der Waals surface area contributed by atoms with Crippen LogP contribution in [0, 0.1) is 0 Å². The first-order chi connectivity index (χ1) is 10.1. The standard InChI is InChI=1S/C16H22N2O3/c1-4-6-14-16(20)18(11(2)15(19)17-14)13-8-5-7-12(9-13)10-21-3/h5,7-9,11,14H,4,6,10H2,1-3H3,(H,17,19). The highest BCUT2D eigenvalue weighted by molar-refractivity contribution is 6.08. The summed E-state index contributed by atoms with van der Waals surface area (Å²) in [5, 5.41) is 2.80. The highest BCUT2D eigenvalue weighted by Gasteiger charge is 2.38. The third-order valence-corrected chi connectivity index (χ3v) is 3.70. The second kappa shape index (κ2) is 6.72. The minimum Gasteiger partial charge on any atom is -0.380 e. The van der Waals surface area contributed by atoms with E-state index >= 15 is 0 Å². The largest absolute Gasteiger partial charge is 0.380 e. The average Bonchev–Trinajstić information content (AvgIpc) is 2.46. The molecular weight excluding hydrogens is 268 g/mol. The number of nitrogens with zero attached hydrogens (tertiary/aromatic N) is 1. The van der Waals surface area contributed by atoms with Crippen LogP contribution in [0.3, 0.4) is 0 Å². The van der Waals surface area contributed by atoms with Gasteiger partial charge in [-0.2, -0.15) is 0 Å². The van der Waals surface area contributed by atoms with Crippen molar-refractivity contribution in [1.82, 2.24) is 5.32 Å². The fourth-order valence-corrected chi connectivity index (χ4v) is 2.63. The molecule has 1 heterocycles. The third-order valence-electron chi connectivity index (χ3n) is 3.70. The molecule has 0 spiro atoms. The predicted molar refractivity (Wildman–Crippen MR) is 80.9 cm³/mol. The molecule has 1 aliphatic rings. The molecule has 5 heteroatoms. The molecule has 0 radical (unpaired) electrons. The Morgan fingerprint density at radius 2 is 2.10 bits per heavy atom. The van der Waals surface area contributed by atoms with Gasteiger partial charge in [0, 0.05) is 12.8 Å². The molecule has 0 aromatic heterocycles. The van der Waals surface area contributed by atoms with Crippen LogP contribution in [0.4, 0.5) is 5.69 Å². The summed E-state index contributed by atoms with van der Waals surface area (Å²) in [5.74, 6) is -0.149. The lowest BCUT2D eigenvalue weighted by molar-refractivity contribution is -0.133. The molecule has 1 saturated heterocycles. The molecule has 114 valence electrons. The Hall–Kier alpha value is -1.88. The van der Waals surface area contributed by atoms with Crippen molar-refractivity contribution in [3.8, 4) is 0 Å². The smallest absolute Gasteiger partial charge is 0.250 e. The van der Waals surface area contributed by atoms with Crippen LogP contribution in [-0.2, 0) is 20.9 Å². The predicted octanol–water partition coefficient (Wildman–Crippen LogP) is 1.85. The Kier molecular flexibility index (Phi) is 4.96. The summed E-state index contributed by atoms with van der Waals surface area (Å²) in [6.07, 6.45) is 1.51. The van der Waals surface area contributed by atoms with Crippen molar-refractivity contribution in [2.45, 2.75) is 45.4 Å². The molecule has 5 nitrogen and oxygen atoms in total. The lowest BCUT2D eigenvalue weighted by Crippen LogP contribution is -2.62. The first-order valence-corrected chi connectivity index (χ1v) is 7.29. The zero-order valence-corrected chi connectivity index (χ0v) is 12.8. The van der Waals surface area contributed by atoms with Crippen LogP contribution in [0.5, 0.6) is 0 Å². The zero-order chi connectivity index (χ0) is 15.4. The molecular formula is C16H22N2O3. The molecule has 1 aliphatic heterocycles. The second-order valence-electron chi connectivity index (χ2n) is 5.34. The van der Waals surface area contributed by atoms with E-state index in [0.29, 0.717) is 13.0 Å². The number of carbonyl (C=O) groups is 2. The van der Waals surface area contributed by atoms with Crippen molar-refractivity contribution in [3.63, 3.8) is 0 Å². The third kappa shape index (κ3) is 3.24. The molecule has 2 amide bonds. The van der Waals surface area contributed by atoms with Crippen LogP contribution < -0.4 is 10.2 Å². The van der Waals surface area contributed by atoms with Crippen LogP contribution in [-0.4, -0.2) is 31.0 Å². The summed E-state index contributed by atoms with van der Waals surface area (Å²) in [6, 6.07) is 6.66. The van der Waals surface area contributed by atoms with Gasteiger partial charge in [0.05, 0.1) is 6.61 Å². The Morgan fingerprint density at radius 1 is 1.33 bits per heavy atom. The molecule has 0 aliphatic carbocycles. The van der Waals surface area contributed by atoms with Crippen molar-refractivity contribution >= 4 is 17.5 Å². The molecule has 1 N–H and O–H groups in total. The normalized spacial score (nSPS) is 22.3. The van der Waals surface area contributed by atoms with E-state index in [9.17, 15) is 9.59 Å². The van der Waals surface area contributed by atoms with Crippen molar-refractivity contribution in [2.24, 2.45) is 0 Å². The Labute approximate surface area is 125 Å². The molecule has 2 unspecified atom stereocenters. The van der Waals surface area contributed by atoms with Gasteiger partial charge in [-0.1, -0.05) is 25.5 Å². The van der Waals surface area contributed by atoms with E-state index in [1.54, 1.807) is 18.9 Å². The molecule has 2 rings (SSSR count). The second-order valence-corrected chi connectivity index (χ2v) is 5.34. The fourth-order valence-electron chi connectivity index (χ4n) is 2.63. The van der Waals surface area contributed by atoms with E-state index in [1.807, 2.05) is 31.2 Å². The molecule has 1 aromatic carbocycles. The van der Waals surface area contributed by atoms with Crippen LogP contribution in [0.2, 0.25) is 0 Å². The van der Waals surface area contributed by atoms with Gasteiger partial charge < -0.3 is 10.1 Å². The van der Waals surface area contributed by atoms with E-state index in [4.69, 9.17) is 4.74 Å². The van der Waals surface area contributed by atoms with E-state index in [1.165, 1.54) is 0 Å². The van der Waals surface area contributed by atoms with Gasteiger partial charge in [-0.3, -0.25) is 14.5 Å². The van der Waals surface area contributed by atoms with E-state index in [2.05, 4.69) is 5.32 Å². The van der Waals surface area contributed by atoms with E-state index in [-0.39, 0.29) is 11.8 Å². The maximum absolute atomic E-state index is 12.6. The molecule has 0 saturated carbocycles. The molecule has 0 bridgehead atoms. The van der Waals surface area contributed by atoms with Gasteiger partial charge in [0.1, 0.15) is 12.1 Å². The quantitative estimate of drug-likeness (QED) is 0.900. The molecule has 1 fully saturated rings. The summed E-state index contributed by atoms with van der Waals surface area (Å²) in [4.78, 5) is 26.3. The van der Waals surface area contributed by atoms with Gasteiger partial charge in [-0.15, -0.1) is 0 Å². The summed E-state index contributed by atoms with van der Waals surface area (Å²) in [6.45, 7) is 4.23. The highest BCUT2D eigenvalue weighted by Crippen LogP contribution is 2.24. The number of carbonyl (C=O) groups excluding carboxylic acids is 2. The Morgan fingerprint density at radius 3 is 2.76 bits per heavy atom. The van der Waals surface area contributed by atoms with Crippen molar-refractivity contribution in [2.75, 3.05) is 12.0 Å². The Bertz CT molecular complexity index is 530. The van der Waals surface area contributed by atoms with Crippen LogP contribution in [0.15, 0.2) is 24.3 Å². The SMILES string of the molecule is CCCC1NC(=O)C(C)N(c2cccc(COC)c2)C1=O. The van der Waals surface area contributed by atoms with Gasteiger partial charge in [-0.05, 0) is 31.0 Å². The number of hydrogen-bond donors (Lipinski definition) is 1. The van der Waals surface area contributed by atoms with Crippen molar-refractivity contribution in [1.29, 1.82) is 0 Å². The minimum absolute atomic E-state index is 0.0430. The summed E-state index contributed by atoms with van der Waals surface area (Å²) >= 11 is 0. The van der Waals surface area contributed by atoms with Gasteiger partial charge in [0.25, 0.3) is 0 Å². The Balaban J connectivity index is 2.32. The van der Waals surface area contributed by atoms with Gasteiger partial charge >= 0.3 is 0 Å². The maximum Gasteiger partial charge on any atom is 0.250 e. The maximum atomic E-state index is 12.6. The van der Waals surface area contributed by atoms with E-state index < -0.39 is 12.1 Å². The number of benzene rings is 1. The number of hydrogen-bond acceptors (Lipinski definition) is 3. The number of piperazine rings is 1. The van der Waals surface area contributed by atoms with Crippen molar-refractivity contribution < 1.29 is 14.3 Å². The fraction of sp³-hybridized carbons (Fsp3) is 0.500. The van der Waals surface area contributed by atoms with E-state index in [0.717, 1.165) is 17.7 Å². The summed E-state index contributed by atoms with van der Waals surface area (Å²) in [5.41, 5.74) is 1.73. The molecule has 1 aromatic rings. The molecule has 21 heavy (non-hydrogen) atoms. The van der Waals surface area contributed by atoms with Crippen molar-refractivity contribution in [3.05, 3.63) is 29.8 Å². The van der Waals surface area contributed by atoms with Gasteiger partial charge in [0.2, 0.25) is 11.8 Å². The minimum atomic E-state index is -0.497. The van der Waals surface area contributed by atoms with Gasteiger partial charge in [0.15, 0.2) is 0 Å². The number of anilines is 1. The lowest BCUT2D eigenvalue weighted by Gasteiger charge is -2.37. The first-order valence-electron chi connectivity index (χ1n) is 7.29. The topological polar surface area (TPSA) is 58.6 Å². The number of amides is 2. The number of rotatable bonds is 5. The summed E-state index contributed by atoms with van der Waals surface area (Å²) in [7, 11) is 1.63. The van der Waals surface area contributed by atoms with Crippen LogP contribution in [0.25, 0.3) is 0 Å². The van der Waals surface area contributed by atoms with Gasteiger partial charge in [-0.25, -0.2) is 0 Å². The average molecular weight is 290 g/mol. The summed E-state index contributed by atoms with van der Waals surface area (Å²) < 4.78 is 5.12. The number of methoxy groups -OCH3 is 1. The van der Waals surface area contributed by atoms with Crippen LogP contribution in [0.1, 0.15) is 32.3 Å². The molecule has 2 atom stereocenters. The lowest BCUT2D eigenvalue weighted by atomic mass is 10.0. The number of ether oxygens (including phenoxy) is 1. The van der Waals surface area contributed by atoms with Crippen LogP contribution >= 0.6 is 0 Å². The monoisotopic (exact) mass is 290 g/mol. The first kappa shape index (κ1) is 15.5.